The normalized spacial score (nSPS) is 18.9. The topological polar surface area (TPSA) is 53.6 Å². The Morgan fingerprint density at radius 3 is 3.00 bits per heavy atom. The Bertz CT molecular complexity index is 481. The Morgan fingerprint density at radius 2 is 2.30 bits per heavy atom. The summed E-state index contributed by atoms with van der Waals surface area (Å²) < 4.78 is 19.6. The van der Waals surface area contributed by atoms with Crippen molar-refractivity contribution in [1.82, 2.24) is 10.6 Å². The molecule has 0 radical (unpaired) electrons. The van der Waals surface area contributed by atoms with Gasteiger partial charge >= 0.3 is 0 Å². The van der Waals surface area contributed by atoms with Gasteiger partial charge in [-0.05, 0) is 18.7 Å². The van der Waals surface area contributed by atoms with Crippen LogP contribution in [-0.2, 0) is 16.1 Å². The van der Waals surface area contributed by atoms with E-state index in [1.165, 1.54) is 6.07 Å². The number of morpholine rings is 1. The molecule has 2 rings (SSSR count). The van der Waals surface area contributed by atoms with Gasteiger partial charge in [-0.2, -0.15) is 0 Å². The molecule has 20 heavy (non-hydrogen) atoms. The van der Waals surface area contributed by atoms with E-state index in [-0.39, 0.29) is 18.3 Å². The highest BCUT2D eigenvalue weighted by atomic mass is 19.1. The van der Waals surface area contributed by atoms with Gasteiger partial charge in [-0.3, -0.25) is 4.79 Å². The molecule has 0 aromatic heterocycles. The van der Waals surface area contributed by atoms with Crippen molar-refractivity contribution in [2.75, 3.05) is 38.8 Å². The number of nitrogens with zero attached hydrogens (tertiary/aromatic N) is 1. The molecule has 0 spiro atoms. The molecule has 1 heterocycles. The van der Waals surface area contributed by atoms with Crippen LogP contribution in [-0.4, -0.2) is 45.8 Å². The van der Waals surface area contributed by atoms with Crippen molar-refractivity contribution in [1.29, 1.82) is 0 Å². The molecule has 1 aliphatic rings. The number of rotatable bonds is 4. The summed E-state index contributed by atoms with van der Waals surface area (Å²) in [6.07, 6.45) is 0. The van der Waals surface area contributed by atoms with Crippen molar-refractivity contribution < 1.29 is 13.9 Å². The second-order valence-electron chi connectivity index (χ2n) is 4.68. The van der Waals surface area contributed by atoms with E-state index in [4.69, 9.17) is 4.74 Å². The number of amides is 1. The first-order valence-corrected chi connectivity index (χ1v) is 6.67. The summed E-state index contributed by atoms with van der Waals surface area (Å²) in [4.78, 5) is 13.8. The van der Waals surface area contributed by atoms with Gasteiger partial charge in [0.25, 0.3) is 0 Å². The van der Waals surface area contributed by atoms with Gasteiger partial charge in [0, 0.05) is 20.1 Å². The zero-order valence-electron chi connectivity index (χ0n) is 11.8. The minimum absolute atomic E-state index is 0.164. The van der Waals surface area contributed by atoms with Crippen LogP contribution in [0.1, 0.15) is 5.56 Å². The summed E-state index contributed by atoms with van der Waals surface area (Å²) >= 11 is 0. The number of anilines is 1. The van der Waals surface area contributed by atoms with Crippen molar-refractivity contribution in [3.05, 3.63) is 29.6 Å². The molecule has 1 atom stereocenters. The summed E-state index contributed by atoms with van der Waals surface area (Å²) in [7, 11) is 3.38. The van der Waals surface area contributed by atoms with Crippen LogP contribution in [0.4, 0.5) is 10.1 Å². The number of nitrogens with one attached hydrogen (secondary N) is 2. The molecule has 1 saturated heterocycles. The Labute approximate surface area is 118 Å². The third-order valence-electron chi connectivity index (χ3n) is 3.40. The summed E-state index contributed by atoms with van der Waals surface area (Å²) in [6, 6.07) is 4.47. The average Bonchev–Trinajstić information content (AvgIpc) is 2.47. The number of likely N-dealkylation sites (N-methyl/N-ethyl adjacent to an activating group) is 1. The van der Waals surface area contributed by atoms with Crippen LogP contribution in [0.25, 0.3) is 0 Å². The fourth-order valence-corrected chi connectivity index (χ4v) is 2.47. The number of ether oxygens (including phenoxy) is 1. The molecule has 1 amide bonds. The molecule has 1 unspecified atom stereocenters. The highest BCUT2D eigenvalue weighted by Gasteiger charge is 2.31. The van der Waals surface area contributed by atoms with Gasteiger partial charge in [0.2, 0.25) is 5.91 Å². The van der Waals surface area contributed by atoms with Gasteiger partial charge in [0.05, 0.1) is 18.9 Å². The fraction of sp³-hybridized carbons (Fsp3) is 0.500. The van der Waals surface area contributed by atoms with Crippen LogP contribution >= 0.6 is 0 Å². The molecule has 6 heteroatoms. The van der Waals surface area contributed by atoms with Crippen LogP contribution in [0.15, 0.2) is 18.2 Å². The molecule has 5 nitrogen and oxygen atoms in total. The molecule has 0 aliphatic carbocycles. The maximum absolute atomic E-state index is 14.3. The third kappa shape index (κ3) is 2.91. The number of carbonyl (C=O) groups is 1. The minimum atomic E-state index is -0.499. The van der Waals surface area contributed by atoms with Crippen LogP contribution in [0, 0.1) is 5.82 Å². The molecule has 0 saturated carbocycles. The van der Waals surface area contributed by atoms with Crippen LogP contribution < -0.4 is 15.5 Å². The maximum atomic E-state index is 14.3. The summed E-state index contributed by atoms with van der Waals surface area (Å²) in [6.45, 7) is 1.80. The van der Waals surface area contributed by atoms with Crippen molar-refractivity contribution in [2.45, 2.75) is 12.6 Å². The van der Waals surface area contributed by atoms with Crippen molar-refractivity contribution in [3.8, 4) is 0 Å². The molecule has 2 N–H and O–H groups in total. The number of para-hydroxylation sites is 1. The zero-order chi connectivity index (χ0) is 14.5. The molecular formula is C14H20FN3O2. The van der Waals surface area contributed by atoms with Crippen LogP contribution in [0.5, 0.6) is 0 Å². The predicted octanol–water partition coefficient (Wildman–Crippen LogP) is 0.496. The number of carbonyl (C=O) groups excluding carboxylic acids is 1. The number of benzene rings is 1. The Morgan fingerprint density at radius 1 is 1.50 bits per heavy atom. The van der Waals surface area contributed by atoms with E-state index >= 15 is 0 Å². The van der Waals surface area contributed by atoms with Gasteiger partial charge in [0.15, 0.2) is 0 Å². The highest BCUT2D eigenvalue weighted by molar-refractivity contribution is 5.85. The summed E-state index contributed by atoms with van der Waals surface area (Å²) in [5, 5.41) is 5.63. The van der Waals surface area contributed by atoms with Gasteiger partial charge < -0.3 is 20.3 Å². The van der Waals surface area contributed by atoms with Gasteiger partial charge in [-0.25, -0.2) is 4.39 Å². The first-order chi connectivity index (χ1) is 9.69. The summed E-state index contributed by atoms with van der Waals surface area (Å²) in [5.74, 6) is -0.475. The van der Waals surface area contributed by atoms with Crippen molar-refractivity contribution in [2.24, 2.45) is 0 Å². The van der Waals surface area contributed by atoms with E-state index in [1.54, 1.807) is 18.0 Å². The standard InChI is InChI=1S/C14H20FN3O2/c1-16-8-10-4-3-5-11(15)13(10)18-6-7-20-9-12(18)14(19)17-2/h3-5,12,16H,6-9H2,1-2H3,(H,17,19). The lowest BCUT2D eigenvalue weighted by Gasteiger charge is -2.37. The lowest BCUT2D eigenvalue weighted by atomic mass is 10.1. The zero-order valence-corrected chi connectivity index (χ0v) is 11.8. The van der Waals surface area contributed by atoms with E-state index in [9.17, 15) is 9.18 Å². The average molecular weight is 281 g/mol. The van der Waals surface area contributed by atoms with Gasteiger partial charge in [-0.15, -0.1) is 0 Å². The van der Waals surface area contributed by atoms with Crippen LogP contribution in [0.3, 0.4) is 0 Å². The second-order valence-corrected chi connectivity index (χ2v) is 4.68. The van der Waals surface area contributed by atoms with Crippen molar-refractivity contribution in [3.63, 3.8) is 0 Å². The largest absolute Gasteiger partial charge is 0.377 e. The SMILES string of the molecule is CNCc1cccc(F)c1N1CCOCC1C(=O)NC. The van der Waals surface area contributed by atoms with Gasteiger partial charge in [0.1, 0.15) is 11.9 Å². The number of halogens is 1. The monoisotopic (exact) mass is 281 g/mol. The molecule has 110 valence electrons. The second kappa shape index (κ2) is 6.67. The van der Waals surface area contributed by atoms with E-state index in [0.29, 0.717) is 25.4 Å². The van der Waals surface area contributed by atoms with E-state index in [2.05, 4.69) is 10.6 Å². The molecule has 1 aromatic carbocycles. The summed E-state index contributed by atoms with van der Waals surface area (Å²) in [5.41, 5.74) is 1.32. The molecule has 1 aliphatic heterocycles. The Balaban J connectivity index is 2.39. The van der Waals surface area contributed by atoms with E-state index in [1.807, 2.05) is 13.1 Å². The minimum Gasteiger partial charge on any atom is -0.377 e. The lowest BCUT2D eigenvalue weighted by molar-refractivity contribution is -0.124. The molecular weight excluding hydrogens is 261 g/mol. The maximum Gasteiger partial charge on any atom is 0.244 e. The predicted molar refractivity (Wildman–Crippen MR) is 75.2 cm³/mol. The lowest BCUT2D eigenvalue weighted by Crippen LogP contribution is -2.54. The molecule has 1 aromatic rings. The van der Waals surface area contributed by atoms with E-state index < -0.39 is 6.04 Å². The first kappa shape index (κ1) is 14.7. The first-order valence-electron chi connectivity index (χ1n) is 6.67. The van der Waals surface area contributed by atoms with Gasteiger partial charge in [-0.1, -0.05) is 12.1 Å². The third-order valence-corrected chi connectivity index (χ3v) is 3.40. The molecule has 0 bridgehead atoms. The Kier molecular flexibility index (Phi) is 4.92. The smallest absolute Gasteiger partial charge is 0.244 e. The van der Waals surface area contributed by atoms with E-state index in [0.717, 1.165) is 5.56 Å². The van der Waals surface area contributed by atoms with Crippen LogP contribution in [0.2, 0.25) is 0 Å². The quantitative estimate of drug-likeness (QED) is 0.844. The van der Waals surface area contributed by atoms with Crippen molar-refractivity contribution >= 4 is 11.6 Å². The number of hydrogen-bond acceptors (Lipinski definition) is 4. The molecule has 1 fully saturated rings. The Hall–Kier alpha value is -1.66. The highest BCUT2D eigenvalue weighted by Crippen LogP contribution is 2.28. The fourth-order valence-electron chi connectivity index (χ4n) is 2.47. The number of hydrogen-bond donors (Lipinski definition) is 2.